The molecule has 4 heteroatoms. The highest BCUT2D eigenvalue weighted by molar-refractivity contribution is 5.87. The maximum atomic E-state index is 11.9. The second-order valence-corrected chi connectivity index (χ2v) is 6.08. The van der Waals surface area contributed by atoms with Crippen molar-refractivity contribution in [2.45, 2.75) is 71.9 Å². The highest BCUT2D eigenvalue weighted by Crippen LogP contribution is 2.23. The largest absolute Gasteiger partial charge is 0.446 e. The third kappa shape index (κ3) is 4.31. The summed E-state index contributed by atoms with van der Waals surface area (Å²) >= 11 is 0. The predicted octanol–water partition coefficient (Wildman–Crippen LogP) is 3.05. The summed E-state index contributed by atoms with van der Waals surface area (Å²) in [4.78, 5) is 23.7. The van der Waals surface area contributed by atoms with Crippen molar-refractivity contribution in [3.63, 3.8) is 0 Å². The van der Waals surface area contributed by atoms with Crippen LogP contribution in [0.5, 0.6) is 0 Å². The van der Waals surface area contributed by atoms with Crippen LogP contribution in [0.25, 0.3) is 0 Å². The monoisotopic (exact) mass is 255 g/mol. The van der Waals surface area contributed by atoms with Gasteiger partial charge in [0, 0.05) is 6.42 Å². The number of hydrogen-bond acceptors (Lipinski definition) is 3. The van der Waals surface area contributed by atoms with Crippen LogP contribution in [0.15, 0.2) is 0 Å². The lowest BCUT2D eigenvalue weighted by Crippen LogP contribution is -2.49. The van der Waals surface area contributed by atoms with Gasteiger partial charge in [-0.1, -0.05) is 27.7 Å². The predicted molar refractivity (Wildman–Crippen MR) is 70.4 cm³/mol. The molecule has 0 aromatic carbocycles. The number of ether oxygens (including phenoxy) is 1. The van der Waals surface area contributed by atoms with Gasteiger partial charge in [0.05, 0.1) is 6.04 Å². The molecule has 0 unspecified atom stereocenters. The summed E-state index contributed by atoms with van der Waals surface area (Å²) in [5.74, 6) is 0.0471. The van der Waals surface area contributed by atoms with E-state index in [9.17, 15) is 9.59 Å². The molecule has 1 fully saturated rings. The summed E-state index contributed by atoms with van der Waals surface area (Å²) < 4.78 is 5.33. The second-order valence-electron chi connectivity index (χ2n) is 6.08. The minimum atomic E-state index is -0.476. The molecule has 0 spiro atoms. The maximum absolute atomic E-state index is 11.9. The fraction of sp³-hybridized carbons (Fsp3) is 0.857. The molecule has 1 amide bonds. The molecular weight excluding hydrogens is 230 g/mol. The third-order valence-electron chi connectivity index (χ3n) is 3.37. The van der Waals surface area contributed by atoms with Crippen molar-refractivity contribution in [2.24, 2.45) is 5.41 Å². The van der Waals surface area contributed by atoms with E-state index < -0.39 is 12.1 Å². The van der Waals surface area contributed by atoms with Crippen LogP contribution in [-0.2, 0) is 9.53 Å². The SMILES string of the molecule is CCC(=O)[C@@H](NC(=O)OC1CCCC1)C(C)(C)C. The maximum Gasteiger partial charge on any atom is 0.408 e. The first-order valence-electron chi connectivity index (χ1n) is 6.84. The van der Waals surface area contributed by atoms with E-state index in [4.69, 9.17) is 4.74 Å². The topological polar surface area (TPSA) is 55.4 Å². The molecule has 1 atom stereocenters. The lowest BCUT2D eigenvalue weighted by Gasteiger charge is -2.30. The molecule has 0 heterocycles. The number of rotatable bonds is 4. The number of carbonyl (C=O) groups is 2. The molecular formula is C14H25NO3. The Morgan fingerprint density at radius 3 is 2.28 bits per heavy atom. The van der Waals surface area contributed by atoms with Gasteiger partial charge in [0.2, 0.25) is 0 Å². The summed E-state index contributed by atoms with van der Waals surface area (Å²) in [6, 6.07) is -0.476. The van der Waals surface area contributed by atoms with Gasteiger partial charge in [0.15, 0.2) is 5.78 Å². The lowest BCUT2D eigenvalue weighted by molar-refractivity contribution is -0.123. The molecule has 0 aromatic rings. The first kappa shape index (κ1) is 15.0. The molecule has 1 N–H and O–H groups in total. The van der Waals surface area contributed by atoms with Gasteiger partial charge in [0.25, 0.3) is 0 Å². The van der Waals surface area contributed by atoms with Crippen LogP contribution >= 0.6 is 0 Å². The van der Waals surface area contributed by atoms with E-state index in [1.165, 1.54) is 0 Å². The molecule has 104 valence electrons. The number of Topliss-reactive ketones (excluding diaryl/α,β-unsaturated/α-hetero) is 1. The van der Waals surface area contributed by atoms with Gasteiger partial charge in [-0.3, -0.25) is 4.79 Å². The van der Waals surface area contributed by atoms with Gasteiger partial charge < -0.3 is 10.1 Å². The Balaban J connectivity index is 2.54. The molecule has 0 saturated heterocycles. The third-order valence-corrected chi connectivity index (χ3v) is 3.37. The zero-order valence-electron chi connectivity index (χ0n) is 11.9. The van der Waals surface area contributed by atoms with Gasteiger partial charge >= 0.3 is 6.09 Å². The molecule has 0 bridgehead atoms. The molecule has 18 heavy (non-hydrogen) atoms. The van der Waals surface area contributed by atoms with Crippen LogP contribution in [0.2, 0.25) is 0 Å². The fourth-order valence-corrected chi connectivity index (χ4v) is 2.29. The average molecular weight is 255 g/mol. The van der Waals surface area contributed by atoms with Crippen molar-refractivity contribution in [1.82, 2.24) is 5.32 Å². The van der Waals surface area contributed by atoms with Crippen molar-refractivity contribution < 1.29 is 14.3 Å². The Morgan fingerprint density at radius 1 is 1.28 bits per heavy atom. The van der Waals surface area contributed by atoms with E-state index in [1.807, 2.05) is 27.7 Å². The highest BCUT2D eigenvalue weighted by atomic mass is 16.6. The lowest BCUT2D eigenvalue weighted by atomic mass is 9.83. The van der Waals surface area contributed by atoms with Gasteiger partial charge in [-0.25, -0.2) is 4.79 Å². The average Bonchev–Trinajstić information content (AvgIpc) is 2.76. The Labute approximate surface area is 109 Å². The van der Waals surface area contributed by atoms with Crippen molar-refractivity contribution >= 4 is 11.9 Å². The van der Waals surface area contributed by atoms with E-state index in [-0.39, 0.29) is 17.3 Å². The van der Waals surface area contributed by atoms with Crippen LogP contribution in [-0.4, -0.2) is 24.0 Å². The van der Waals surface area contributed by atoms with Crippen LogP contribution in [0.3, 0.4) is 0 Å². The summed E-state index contributed by atoms with van der Waals surface area (Å²) in [5, 5.41) is 2.72. The molecule has 1 saturated carbocycles. The highest BCUT2D eigenvalue weighted by Gasteiger charge is 2.32. The summed E-state index contributed by atoms with van der Waals surface area (Å²) in [7, 11) is 0. The Kier molecular flexibility index (Phi) is 5.17. The first-order chi connectivity index (χ1) is 8.34. The minimum absolute atomic E-state index is 0.0300. The van der Waals surface area contributed by atoms with Crippen LogP contribution in [0.1, 0.15) is 59.8 Å². The molecule has 1 rings (SSSR count). The number of amides is 1. The smallest absolute Gasteiger partial charge is 0.408 e. The van der Waals surface area contributed by atoms with E-state index in [0.29, 0.717) is 6.42 Å². The Morgan fingerprint density at radius 2 is 1.83 bits per heavy atom. The van der Waals surface area contributed by atoms with E-state index in [2.05, 4.69) is 5.32 Å². The van der Waals surface area contributed by atoms with E-state index in [0.717, 1.165) is 25.7 Å². The molecule has 4 nitrogen and oxygen atoms in total. The molecule has 1 aliphatic rings. The van der Waals surface area contributed by atoms with Crippen molar-refractivity contribution in [3.05, 3.63) is 0 Å². The minimum Gasteiger partial charge on any atom is -0.446 e. The summed E-state index contributed by atoms with van der Waals surface area (Å²) in [5.41, 5.74) is -0.290. The molecule has 0 radical (unpaired) electrons. The van der Waals surface area contributed by atoms with Crippen LogP contribution < -0.4 is 5.32 Å². The van der Waals surface area contributed by atoms with Crippen LogP contribution in [0, 0.1) is 5.41 Å². The summed E-state index contributed by atoms with van der Waals surface area (Å²) in [6.45, 7) is 7.65. The molecule has 0 aromatic heterocycles. The van der Waals surface area contributed by atoms with Gasteiger partial charge in [-0.15, -0.1) is 0 Å². The normalized spacial score (nSPS) is 18.4. The number of alkyl carbamates (subject to hydrolysis) is 1. The number of nitrogens with one attached hydrogen (secondary N) is 1. The first-order valence-corrected chi connectivity index (χ1v) is 6.84. The van der Waals surface area contributed by atoms with Gasteiger partial charge in [0.1, 0.15) is 6.10 Å². The zero-order valence-corrected chi connectivity index (χ0v) is 11.9. The molecule has 1 aliphatic carbocycles. The number of ketones is 1. The van der Waals surface area contributed by atoms with Gasteiger partial charge in [-0.05, 0) is 31.1 Å². The summed E-state index contributed by atoms with van der Waals surface area (Å²) in [6.07, 6.45) is 4.12. The van der Waals surface area contributed by atoms with Crippen LogP contribution in [0.4, 0.5) is 4.79 Å². The van der Waals surface area contributed by atoms with Gasteiger partial charge in [-0.2, -0.15) is 0 Å². The number of carbonyl (C=O) groups excluding carboxylic acids is 2. The van der Waals surface area contributed by atoms with E-state index in [1.54, 1.807) is 0 Å². The molecule has 0 aliphatic heterocycles. The number of hydrogen-bond donors (Lipinski definition) is 1. The quantitative estimate of drug-likeness (QED) is 0.840. The zero-order chi connectivity index (χ0) is 13.8. The Bertz CT molecular complexity index is 301. The van der Waals surface area contributed by atoms with Crippen molar-refractivity contribution in [2.75, 3.05) is 0 Å². The van der Waals surface area contributed by atoms with Crippen molar-refractivity contribution in [3.8, 4) is 0 Å². The Hall–Kier alpha value is -1.06. The second kappa shape index (κ2) is 6.21. The van der Waals surface area contributed by atoms with Crippen molar-refractivity contribution in [1.29, 1.82) is 0 Å². The fourth-order valence-electron chi connectivity index (χ4n) is 2.29. The van der Waals surface area contributed by atoms with E-state index >= 15 is 0 Å². The standard InChI is InChI=1S/C14H25NO3/c1-5-11(16)12(14(2,3)4)15-13(17)18-10-8-6-7-9-10/h10,12H,5-9H2,1-4H3,(H,15,17)/t12-/m1/s1.